The molecule has 0 amide bonds. The van der Waals surface area contributed by atoms with E-state index in [2.05, 4.69) is 44.5 Å². The van der Waals surface area contributed by atoms with Gasteiger partial charge in [0.05, 0.1) is 5.60 Å². The molecule has 0 fully saturated rings. The molecule has 0 spiro atoms. The SMILES string of the molecule is COC(C)(C)C(C)(C)c1ccsc1. The highest BCUT2D eigenvalue weighted by molar-refractivity contribution is 7.08. The summed E-state index contributed by atoms with van der Waals surface area (Å²) in [5.41, 5.74) is 1.28. The Balaban J connectivity index is 3.02. The third-order valence-corrected chi connectivity index (χ3v) is 3.94. The van der Waals surface area contributed by atoms with Crippen LogP contribution in [0.1, 0.15) is 33.3 Å². The zero-order valence-electron chi connectivity index (χ0n) is 9.05. The van der Waals surface area contributed by atoms with E-state index in [4.69, 9.17) is 4.74 Å². The fourth-order valence-electron chi connectivity index (χ4n) is 1.22. The Morgan fingerprint density at radius 2 is 1.85 bits per heavy atom. The zero-order valence-corrected chi connectivity index (χ0v) is 9.87. The highest BCUT2D eigenvalue weighted by Crippen LogP contribution is 2.37. The normalized spacial score (nSPS) is 13.3. The summed E-state index contributed by atoms with van der Waals surface area (Å²) in [6, 6.07) is 2.17. The van der Waals surface area contributed by atoms with Crippen LogP contribution in [0.4, 0.5) is 0 Å². The van der Waals surface area contributed by atoms with Crippen LogP contribution in [0.15, 0.2) is 16.8 Å². The Labute approximate surface area is 84.7 Å². The standard InChI is InChI=1S/C11H18OS/c1-10(2,11(3,4)12-5)9-6-7-13-8-9/h6-8H,1-5H3. The largest absolute Gasteiger partial charge is 0.378 e. The van der Waals surface area contributed by atoms with Gasteiger partial charge in [0, 0.05) is 12.5 Å². The minimum Gasteiger partial charge on any atom is -0.378 e. The molecule has 0 aliphatic heterocycles. The third-order valence-electron chi connectivity index (χ3n) is 3.26. The minimum atomic E-state index is -0.131. The van der Waals surface area contributed by atoms with Crippen LogP contribution in [0.3, 0.4) is 0 Å². The van der Waals surface area contributed by atoms with Gasteiger partial charge in [0.25, 0.3) is 0 Å². The lowest BCUT2D eigenvalue weighted by Gasteiger charge is -2.40. The van der Waals surface area contributed by atoms with Crippen molar-refractivity contribution in [2.24, 2.45) is 0 Å². The monoisotopic (exact) mass is 198 g/mol. The molecule has 0 saturated heterocycles. The van der Waals surface area contributed by atoms with E-state index in [0.29, 0.717) is 0 Å². The van der Waals surface area contributed by atoms with Gasteiger partial charge >= 0.3 is 0 Å². The van der Waals surface area contributed by atoms with Gasteiger partial charge in [-0.1, -0.05) is 13.8 Å². The average Bonchev–Trinajstić information content (AvgIpc) is 2.56. The van der Waals surface area contributed by atoms with Crippen molar-refractivity contribution in [1.29, 1.82) is 0 Å². The van der Waals surface area contributed by atoms with Gasteiger partial charge in [-0.25, -0.2) is 0 Å². The Hall–Kier alpha value is -0.340. The molecule has 0 radical (unpaired) electrons. The van der Waals surface area contributed by atoms with Crippen LogP contribution < -0.4 is 0 Å². The van der Waals surface area contributed by atoms with Crippen molar-refractivity contribution in [3.63, 3.8) is 0 Å². The van der Waals surface area contributed by atoms with Gasteiger partial charge < -0.3 is 4.74 Å². The first kappa shape index (κ1) is 10.7. The molecule has 0 aliphatic carbocycles. The molecular formula is C11H18OS. The molecule has 2 heteroatoms. The first-order valence-electron chi connectivity index (χ1n) is 4.49. The van der Waals surface area contributed by atoms with Crippen molar-refractivity contribution >= 4 is 11.3 Å². The molecule has 1 heterocycles. The topological polar surface area (TPSA) is 9.23 Å². The van der Waals surface area contributed by atoms with Crippen LogP contribution in [-0.4, -0.2) is 12.7 Å². The summed E-state index contributed by atoms with van der Waals surface area (Å²) in [7, 11) is 1.77. The van der Waals surface area contributed by atoms with Crippen LogP contribution in [-0.2, 0) is 10.2 Å². The zero-order chi connectivity index (χ0) is 10.1. The Morgan fingerprint density at radius 1 is 1.23 bits per heavy atom. The van der Waals surface area contributed by atoms with Crippen LogP contribution in [0, 0.1) is 0 Å². The highest BCUT2D eigenvalue weighted by Gasteiger charge is 2.38. The number of ether oxygens (including phenoxy) is 1. The molecule has 1 nitrogen and oxygen atoms in total. The van der Waals surface area contributed by atoms with Gasteiger partial charge in [-0.05, 0) is 36.2 Å². The summed E-state index contributed by atoms with van der Waals surface area (Å²) in [6.07, 6.45) is 0. The van der Waals surface area contributed by atoms with Crippen LogP contribution in [0.2, 0.25) is 0 Å². The van der Waals surface area contributed by atoms with Gasteiger partial charge in [0.15, 0.2) is 0 Å². The third kappa shape index (κ3) is 1.79. The maximum absolute atomic E-state index is 5.53. The lowest BCUT2D eigenvalue weighted by Crippen LogP contribution is -2.43. The van der Waals surface area contributed by atoms with Crippen molar-refractivity contribution < 1.29 is 4.74 Å². The van der Waals surface area contributed by atoms with E-state index in [1.807, 2.05) is 0 Å². The molecule has 0 unspecified atom stereocenters. The first-order valence-corrected chi connectivity index (χ1v) is 5.44. The second-order valence-electron chi connectivity index (χ2n) is 4.35. The summed E-state index contributed by atoms with van der Waals surface area (Å²) in [5, 5.41) is 4.31. The quantitative estimate of drug-likeness (QED) is 0.723. The molecule has 1 aromatic rings. The number of hydrogen-bond acceptors (Lipinski definition) is 2. The molecule has 13 heavy (non-hydrogen) atoms. The molecule has 0 saturated carbocycles. The number of hydrogen-bond donors (Lipinski definition) is 0. The molecule has 0 aliphatic rings. The van der Waals surface area contributed by atoms with Gasteiger partial charge in [0.2, 0.25) is 0 Å². The van der Waals surface area contributed by atoms with E-state index in [-0.39, 0.29) is 11.0 Å². The van der Waals surface area contributed by atoms with E-state index in [0.717, 1.165) is 0 Å². The fourth-order valence-corrected chi connectivity index (χ4v) is 2.05. The van der Waals surface area contributed by atoms with Crippen LogP contribution in [0.25, 0.3) is 0 Å². The second kappa shape index (κ2) is 3.43. The van der Waals surface area contributed by atoms with Crippen molar-refractivity contribution in [2.75, 3.05) is 7.11 Å². The molecular weight excluding hydrogens is 180 g/mol. The smallest absolute Gasteiger partial charge is 0.0713 e. The lowest BCUT2D eigenvalue weighted by atomic mass is 9.73. The summed E-state index contributed by atoms with van der Waals surface area (Å²) < 4.78 is 5.53. The van der Waals surface area contributed by atoms with Crippen LogP contribution >= 0.6 is 11.3 Å². The predicted octanol–water partition coefficient (Wildman–Crippen LogP) is 3.45. The van der Waals surface area contributed by atoms with Crippen molar-refractivity contribution in [2.45, 2.75) is 38.7 Å². The Bertz CT molecular complexity index is 260. The van der Waals surface area contributed by atoms with Crippen molar-refractivity contribution in [1.82, 2.24) is 0 Å². The first-order chi connectivity index (χ1) is 5.92. The summed E-state index contributed by atoms with van der Waals surface area (Å²) in [5.74, 6) is 0. The maximum atomic E-state index is 5.53. The molecule has 0 N–H and O–H groups in total. The maximum Gasteiger partial charge on any atom is 0.0713 e. The molecule has 1 rings (SSSR count). The van der Waals surface area contributed by atoms with Crippen molar-refractivity contribution in [3.8, 4) is 0 Å². The number of rotatable bonds is 3. The van der Waals surface area contributed by atoms with Gasteiger partial charge in [-0.2, -0.15) is 11.3 Å². The lowest BCUT2D eigenvalue weighted by molar-refractivity contribution is -0.0340. The van der Waals surface area contributed by atoms with Gasteiger partial charge in [-0.3, -0.25) is 0 Å². The fraction of sp³-hybridized carbons (Fsp3) is 0.636. The average molecular weight is 198 g/mol. The van der Waals surface area contributed by atoms with Gasteiger partial charge in [-0.15, -0.1) is 0 Å². The molecule has 0 atom stereocenters. The minimum absolute atomic E-state index is 0.0573. The van der Waals surface area contributed by atoms with E-state index in [9.17, 15) is 0 Å². The highest BCUT2D eigenvalue weighted by atomic mass is 32.1. The molecule has 74 valence electrons. The van der Waals surface area contributed by atoms with Crippen molar-refractivity contribution in [3.05, 3.63) is 22.4 Å². The summed E-state index contributed by atoms with van der Waals surface area (Å²) in [6.45, 7) is 8.70. The number of methoxy groups -OCH3 is 1. The van der Waals surface area contributed by atoms with Crippen LogP contribution in [0.5, 0.6) is 0 Å². The molecule has 0 bridgehead atoms. The molecule has 0 aromatic carbocycles. The predicted molar refractivity (Wildman–Crippen MR) is 58.4 cm³/mol. The van der Waals surface area contributed by atoms with E-state index >= 15 is 0 Å². The summed E-state index contributed by atoms with van der Waals surface area (Å²) in [4.78, 5) is 0. The number of thiophene rings is 1. The second-order valence-corrected chi connectivity index (χ2v) is 5.13. The van der Waals surface area contributed by atoms with E-state index in [1.54, 1.807) is 18.4 Å². The summed E-state index contributed by atoms with van der Waals surface area (Å²) >= 11 is 1.74. The van der Waals surface area contributed by atoms with E-state index < -0.39 is 0 Å². The molecule has 1 aromatic heterocycles. The van der Waals surface area contributed by atoms with E-state index in [1.165, 1.54) is 5.56 Å². The Kier molecular flexibility index (Phi) is 2.83. The van der Waals surface area contributed by atoms with Gasteiger partial charge in [0.1, 0.15) is 0 Å². The Morgan fingerprint density at radius 3 is 2.23 bits per heavy atom.